The van der Waals surface area contributed by atoms with E-state index in [0.29, 0.717) is 0 Å². The van der Waals surface area contributed by atoms with Crippen LogP contribution in [0.1, 0.15) is 24.0 Å². The summed E-state index contributed by atoms with van der Waals surface area (Å²) in [7, 11) is 0. The number of carbonyl (C=O) groups excluding carboxylic acids is 1. The summed E-state index contributed by atoms with van der Waals surface area (Å²) >= 11 is 0. The highest BCUT2D eigenvalue weighted by molar-refractivity contribution is 5.73. The van der Waals surface area contributed by atoms with E-state index in [-0.39, 0.29) is 0 Å². The zero-order valence-electron chi connectivity index (χ0n) is 8.49. The quantitative estimate of drug-likeness (QED) is 0.593. The molecule has 0 saturated carbocycles. The van der Waals surface area contributed by atoms with E-state index in [1.807, 2.05) is 24.3 Å². The Labute approximate surface area is 88.6 Å². The molecule has 1 aromatic carbocycles. The Bertz CT molecular complexity index is 391. The Morgan fingerprint density at radius 2 is 2.13 bits per heavy atom. The van der Waals surface area contributed by atoms with Crippen molar-refractivity contribution in [1.29, 1.82) is 0 Å². The third-order valence-electron chi connectivity index (χ3n) is 2.86. The first-order valence-corrected chi connectivity index (χ1v) is 5.07. The first kappa shape index (κ1) is 9.98. The monoisotopic (exact) mass is 205 g/mol. The predicted molar refractivity (Wildman–Crippen MR) is 58.0 cm³/mol. The molecule has 4 heteroatoms. The number of hydrogen-bond acceptors (Lipinski definition) is 2. The molecule has 1 aromatic rings. The summed E-state index contributed by atoms with van der Waals surface area (Å²) in [5.74, 6) is 0. The zero-order chi connectivity index (χ0) is 10.9. The molecular formula is C11H15N3O. The molecule has 80 valence electrons. The largest absolute Gasteiger partial charge is 0.352 e. The van der Waals surface area contributed by atoms with Gasteiger partial charge in [-0.25, -0.2) is 4.79 Å². The lowest BCUT2D eigenvalue weighted by Crippen LogP contribution is -2.56. The van der Waals surface area contributed by atoms with Crippen molar-refractivity contribution >= 4 is 6.03 Å². The molecule has 0 fully saturated rings. The summed E-state index contributed by atoms with van der Waals surface area (Å²) < 4.78 is 0. The maximum Gasteiger partial charge on any atom is 0.313 e. The number of benzene rings is 1. The van der Waals surface area contributed by atoms with Crippen molar-refractivity contribution in [2.45, 2.75) is 24.9 Å². The van der Waals surface area contributed by atoms with Crippen molar-refractivity contribution in [3.05, 3.63) is 35.4 Å². The van der Waals surface area contributed by atoms with Crippen LogP contribution in [-0.4, -0.2) is 6.03 Å². The van der Waals surface area contributed by atoms with Gasteiger partial charge in [0, 0.05) is 0 Å². The molecule has 0 bridgehead atoms. The van der Waals surface area contributed by atoms with Crippen molar-refractivity contribution in [1.82, 2.24) is 5.32 Å². The van der Waals surface area contributed by atoms with E-state index in [1.165, 1.54) is 5.56 Å². The van der Waals surface area contributed by atoms with Crippen molar-refractivity contribution < 1.29 is 4.79 Å². The lowest BCUT2D eigenvalue weighted by atomic mass is 9.83. The van der Waals surface area contributed by atoms with Gasteiger partial charge in [0.1, 0.15) is 5.66 Å². The summed E-state index contributed by atoms with van der Waals surface area (Å²) in [4.78, 5) is 10.9. The Hall–Kier alpha value is -1.55. The smallest absolute Gasteiger partial charge is 0.313 e. The fourth-order valence-corrected chi connectivity index (χ4v) is 2.22. The summed E-state index contributed by atoms with van der Waals surface area (Å²) in [6, 6.07) is 7.32. The summed E-state index contributed by atoms with van der Waals surface area (Å²) in [6.45, 7) is 0. The van der Waals surface area contributed by atoms with Crippen molar-refractivity contribution in [2.75, 3.05) is 0 Å². The molecule has 0 spiro atoms. The molecule has 0 saturated heterocycles. The highest BCUT2D eigenvalue weighted by atomic mass is 16.2. The molecule has 4 nitrogen and oxygen atoms in total. The van der Waals surface area contributed by atoms with Crippen molar-refractivity contribution in [3.8, 4) is 0 Å². The van der Waals surface area contributed by atoms with Crippen LogP contribution < -0.4 is 16.8 Å². The molecule has 0 radical (unpaired) electrons. The molecule has 15 heavy (non-hydrogen) atoms. The van der Waals surface area contributed by atoms with Gasteiger partial charge in [-0.1, -0.05) is 24.3 Å². The number of rotatable bonds is 1. The second-order valence-electron chi connectivity index (χ2n) is 3.97. The lowest BCUT2D eigenvalue weighted by molar-refractivity contribution is 0.227. The van der Waals surface area contributed by atoms with E-state index in [0.717, 1.165) is 24.8 Å². The Morgan fingerprint density at radius 1 is 1.40 bits per heavy atom. The fourth-order valence-electron chi connectivity index (χ4n) is 2.22. The van der Waals surface area contributed by atoms with Crippen LogP contribution in [0.3, 0.4) is 0 Å². The van der Waals surface area contributed by atoms with Crippen LogP contribution in [0.25, 0.3) is 0 Å². The van der Waals surface area contributed by atoms with Crippen LogP contribution in [0.15, 0.2) is 24.3 Å². The highest BCUT2D eigenvalue weighted by Crippen LogP contribution is 2.30. The van der Waals surface area contributed by atoms with Crippen molar-refractivity contribution in [3.63, 3.8) is 0 Å². The number of urea groups is 1. The van der Waals surface area contributed by atoms with E-state index in [1.54, 1.807) is 0 Å². The molecule has 1 unspecified atom stereocenters. The van der Waals surface area contributed by atoms with Gasteiger partial charge in [0.15, 0.2) is 0 Å². The molecular weight excluding hydrogens is 190 g/mol. The summed E-state index contributed by atoms with van der Waals surface area (Å²) in [5, 5.41) is 2.63. The Kier molecular flexibility index (Phi) is 2.36. The molecule has 1 aliphatic carbocycles. The maximum absolute atomic E-state index is 10.9. The van der Waals surface area contributed by atoms with E-state index in [4.69, 9.17) is 11.5 Å². The number of nitrogens with one attached hydrogen (secondary N) is 1. The van der Waals surface area contributed by atoms with Gasteiger partial charge in [-0.15, -0.1) is 0 Å². The first-order valence-electron chi connectivity index (χ1n) is 5.07. The molecule has 1 atom stereocenters. The van der Waals surface area contributed by atoms with Crippen LogP contribution in [0.4, 0.5) is 4.79 Å². The fraction of sp³-hybridized carbons (Fsp3) is 0.364. The van der Waals surface area contributed by atoms with Crippen LogP contribution >= 0.6 is 0 Å². The average molecular weight is 205 g/mol. The number of amides is 2. The van der Waals surface area contributed by atoms with Gasteiger partial charge in [0.05, 0.1) is 0 Å². The molecule has 0 heterocycles. The van der Waals surface area contributed by atoms with Gasteiger partial charge in [-0.05, 0) is 30.4 Å². The molecule has 0 aliphatic heterocycles. The molecule has 2 rings (SSSR count). The lowest BCUT2D eigenvalue weighted by Gasteiger charge is -2.35. The SMILES string of the molecule is NC(=O)NC1(N)CCCc2ccccc21. The minimum Gasteiger partial charge on any atom is -0.352 e. The van der Waals surface area contributed by atoms with Gasteiger partial charge < -0.3 is 16.8 Å². The second kappa shape index (κ2) is 3.55. The molecule has 0 aromatic heterocycles. The minimum absolute atomic E-state index is 0.575. The third kappa shape index (κ3) is 1.80. The number of carbonyl (C=O) groups is 1. The van der Waals surface area contributed by atoms with Gasteiger partial charge in [-0.3, -0.25) is 0 Å². The third-order valence-corrected chi connectivity index (χ3v) is 2.86. The van der Waals surface area contributed by atoms with E-state index < -0.39 is 11.7 Å². The predicted octanol–water partition coefficient (Wildman–Crippen LogP) is 0.803. The highest BCUT2D eigenvalue weighted by Gasteiger charge is 2.33. The van der Waals surface area contributed by atoms with Gasteiger partial charge in [0.25, 0.3) is 0 Å². The van der Waals surface area contributed by atoms with Gasteiger partial charge in [0.2, 0.25) is 0 Å². The van der Waals surface area contributed by atoms with E-state index in [2.05, 4.69) is 5.32 Å². The number of aryl methyl sites for hydroxylation is 1. The molecule has 2 amide bonds. The van der Waals surface area contributed by atoms with Crippen LogP contribution in [0, 0.1) is 0 Å². The maximum atomic E-state index is 10.9. The topological polar surface area (TPSA) is 81.1 Å². The van der Waals surface area contributed by atoms with Crippen molar-refractivity contribution in [2.24, 2.45) is 11.5 Å². The van der Waals surface area contributed by atoms with Crippen LogP contribution in [0.5, 0.6) is 0 Å². The van der Waals surface area contributed by atoms with Crippen LogP contribution in [0.2, 0.25) is 0 Å². The Balaban J connectivity index is 2.40. The van der Waals surface area contributed by atoms with Gasteiger partial charge in [-0.2, -0.15) is 0 Å². The Morgan fingerprint density at radius 3 is 2.87 bits per heavy atom. The van der Waals surface area contributed by atoms with Gasteiger partial charge >= 0.3 is 6.03 Å². The minimum atomic E-state index is -0.791. The second-order valence-corrected chi connectivity index (χ2v) is 3.97. The van der Waals surface area contributed by atoms with E-state index in [9.17, 15) is 4.79 Å². The summed E-state index contributed by atoms with van der Waals surface area (Å²) in [5.41, 5.74) is 12.7. The number of fused-ring (bicyclic) bond motifs is 1. The first-order chi connectivity index (χ1) is 7.12. The zero-order valence-corrected chi connectivity index (χ0v) is 8.49. The normalized spacial score (nSPS) is 24.3. The number of hydrogen-bond donors (Lipinski definition) is 3. The average Bonchev–Trinajstić information content (AvgIpc) is 2.17. The summed E-state index contributed by atoms with van der Waals surface area (Å²) in [6.07, 6.45) is 2.70. The molecule has 1 aliphatic rings. The molecule has 5 N–H and O–H groups in total. The number of primary amides is 1. The number of nitrogens with two attached hydrogens (primary N) is 2. The standard InChI is InChI=1S/C11H15N3O/c12-10(15)14-11(13)7-3-5-8-4-1-2-6-9(8)11/h1-2,4,6H,3,5,7,13H2,(H3,12,14,15). The van der Waals surface area contributed by atoms with Crippen LogP contribution in [-0.2, 0) is 12.1 Å². The van der Waals surface area contributed by atoms with E-state index >= 15 is 0 Å².